The van der Waals surface area contributed by atoms with Crippen LogP contribution in [0.1, 0.15) is 11.1 Å². The summed E-state index contributed by atoms with van der Waals surface area (Å²) in [5.74, 6) is 7.98. The number of pyridine rings is 2. The third-order valence-electron chi connectivity index (χ3n) is 8.13. The van der Waals surface area contributed by atoms with E-state index in [1.165, 1.54) is 9.96 Å². The Morgan fingerprint density at radius 2 is 1.60 bits per heavy atom. The fourth-order valence-corrected chi connectivity index (χ4v) is 7.79. The molecular weight excluding hydrogens is 817 g/mol. The van der Waals surface area contributed by atoms with Crippen LogP contribution in [0.5, 0.6) is 0 Å². The van der Waals surface area contributed by atoms with E-state index < -0.39 is 13.3 Å². The number of para-hydroxylation sites is 2. The molecule has 5 nitrogen and oxygen atoms in total. The molecule has 0 amide bonds. The summed E-state index contributed by atoms with van der Waals surface area (Å²) < 4.78 is 9.95. The van der Waals surface area contributed by atoms with E-state index in [4.69, 9.17) is 9.40 Å². The molecule has 0 atom stereocenters. The average Bonchev–Trinajstić information content (AvgIpc) is 3.63. The zero-order valence-corrected chi connectivity index (χ0v) is 31.3. The summed E-state index contributed by atoms with van der Waals surface area (Å²) in [5.41, 5.74) is 9.72. The topological polar surface area (TPSA) is 56.7 Å². The Balaban J connectivity index is 0.000000194. The number of benzene rings is 4. The van der Waals surface area contributed by atoms with E-state index >= 15 is 0 Å². The van der Waals surface area contributed by atoms with Gasteiger partial charge in [-0.05, 0) is 48.5 Å². The second-order valence-electron chi connectivity index (χ2n) is 12.5. The number of hydrogen-bond acceptors (Lipinski definition) is 4. The summed E-state index contributed by atoms with van der Waals surface area (Å²) in [5, 5.41) is 1.01. The van der Waals surface area contributed by atoms with E-state index in [0.717, 1.165) is 61.3 Å². The van der Waals surface area contributed by atoms with Crippen LogP contribution in [0, 0.1) is 19.1 Å². The van der Waals surface area contributed by atoms with Crippen molar-refractivity contribution in [2.75, 3.05) is 0 Å². The summed E-state index contributed by atoms with van der Waals surface area (Å²) in [6, 6.07) is 43.6. The summed E-state index contributed by atoms with van der Waals surface area (Å²) in [6.07, 6.45) is 3.76. The van der Waals surface area contributed by atoms with E-state index in [2.05, 4.69) is 105 Å². The number of hydrogen-bond donors (Lipinski definition) is 0. The smallest absolute Gasteiger partial charge is 0 e. The fraction of sp³-hybridized carbons (Fsp3) is 0.125. The molecule has 0 aliphatic rings. The van der Waals surface area contributed by atoms with Crippen molar-refractivity contribution in [1.82, 2.24) is 19.5 Å². The maximum atomic E-state index is 6.27. The van der Waals surface area contributed by atoms with Crippen molar-refractivity contribution in [2.45, 2.75) is 30.7 Å². The summed E-state index contributed by atoms with van der Waals surface area (Å²) in [6.45, 7) is 2.78. The Hall–Kier alpha value is -4.36. The van der Waals surface area contributed by atoms with Gasteiger partial charge in [0.15, 0.2) is 0 Å². The molecule has 1 radical (unpaired) electrons. The van der Waals surface area contributed by atoms with Gasteiger partial charge in [-0.1, -0.05) is 48.5 Å². The average molecular weight is 852 g/mol. The van der Waals surface area contributed by atoms with Gasteiger partial charge in [0.25, 0.3) is 0 Å². The largest absolute Gasteiger partial charge is 0 e. The zero-order chi connectivity index (χ0) is 31.7. The minimum atomic E-state index is -1.72. The number of aryl methyl sites for hydroxylation is 1. The third kappa shape index (κ3) is 6.86. The second-order valence-corrected chi connectivity index (χ2v) is 23.2. The molecule has 0 fully saturated rings. The van der Waals surface area contributed by atoms with Crippen molar-refractivity contribution < 1.29 is 24.5 Å². The van der Waals surface area contributed by atoms with Gasteiger partial charge < -0.3 is 8.98 Å². The minimum Gasteiger partial charge on any atom is 0 e. The van der Waals surface area contributed by atoms with Gasteiger partial charge in [-0.2, -0.15) is 0 Å². The molecular formula is C40H34GeIrN4O-2. The maximum absolute atomic E-state index is 6.27. The molecule has 8 aromatic rings. The number of furan rings is 1. The fourth-order valence-electron chi connectivity index (χ4n) is 5.62. The third-order valence-corrected chi connectivity index (χ3v) is 12.4. The molecule has 235 valence electrons. The van der Waals surface area contributed by atoms with E-state index in [-0.39, 0.29) is 20.1 Å². The normalized spacial score (nSPS) is 11.3. The van der Waals surface area contributed by atoms with Crippen LogP contribution in [-0.2, 0) is 26.7 Å². The molecule has 0 saturated carbocycles. The maximum Gasteiger partial charge on any atom is 0 e. The van der Waals surface area contributed by atoms with Crippen LogP contribution in [0.25, 0.3) is 55.7 Å². The van der Waals surface area contributed by atoms with E-state index in [0.29, 0.717) is 6.54 Å². The quantitative estimate of drug-likeness (QED) is 0.128. The Kier molecular flexibility index (Phi) is 9.55. The van der Waals surface area contributed by atoms with Crippen LogP contribution >= 0.6 is 0 Å². The molecule has 0 unspecified atom stereocenters. The molecule has 0 bridgehead atoms. The first kappa shape index (κ1) is 32.6. The predicted octanol–water partition coefficient (Wildman–Crippen LogP) is 9.25. The van der Waals surface area contributed by atoms with Gasteiger partial charge in [0, 0.05) is 37.9 Å². The molecule has 4 heterocycles. The van der Waals surface area contributed by atoms with Gasteiger partial charge in [-0.15, -0.1) is 11.6 Å². The number of fused-ring (bicyclic) bond motifs is 4. The first-order chi connectivity index (χ1) is 22.3. The molecule has 0 N–H and O–H groups in total. The zero-order valence-electron chi connectivity index (χ0n) is 26.8. The van der Waals surface area contributed by atoms with E-state index in [1.807, 2.05) is 60.8 Å². The summed E-state index contributed by atoms with van der Waals surface area (Å²) in [7, 11) is 0. The predicted molar refractivity (Wildman–Crippen MR) is 191 cm³/mol. The van der Waals surface area contributed by atoms with Crippen molar-refractivity contribution >= 4 is 50.8 Å². The SMILES string of the molecule is Cc1ccc2c(c1)oc1c(-c3nc4ccccc4n3Cc3ccccc3)[c-]cnc12.[CH3][Ge]([CH3])([CH3])[c]1ccc(-c2[c-]cccc2)nc1.[Ir]. The minimum absolute atomic E-state index is 0. The Morgan fingerprint density at radius 1 is 0.809 bits per heavy atom. The van der Waals surface area contributed by atoms with Gasteiger partial charge >= 0.3 is 99.8 Å². The molecule has 4 aromatic heterocycles. The molecule has 7 heteroatoms. The van der Waals surface area contributed by atoms with Crippen LogP contribution in [-0.4, -0.2) is 32.8 Å². The Morgan fingerprint density at radius 3 is 2.34 bits per heavy atom. The number of imidazole rings is 1. The molecule has 0 spiro atoms. The monoisotopic (exact) mass is 853 g/mol. The molecule has 4 aromatic carbocycles. The molecule has 8 rings (SSSR count). The van der Waals surface area contributed by atoms with E-state index in [1.54, 1.807) is 6.20 Å². The Labute approximate surface area is 291 Å². The van der Waals surface area contributed by atoms with Gasteiger partial charge in [0.1, 0.15) is 5.58 Å². The number of aromatic nitrogens is 4. The van der Waals surface area contributed by atoms with Gasteiger partial charge in [0.2, 0.25) is 0 Å². The number of nitrogens with zero attached hydrogens (tertiary/aromatic N) is 4. The molecule has 0 aliphatic heterocycles. The van der Waals surface area contributed by atoms with Crippen LogP contribution in [0.3, 0.4) is 0 Å². The molecule has 0 aliphatic carbocycles. The summed E-state index contributed by atoms with van der Waals surface area (Å²) in [4.78, 5) is 14.1. The Bertz CT molecular complexity index is 2270. The van der Waals surface area contributed by atoms with E-state index in [9.17, 15) is 0 Å². The van der Waals surface area contributed by atoms with Crippen molar-refractivity contribution in [3.05, 3.63) is 145 Å². The van der Waals surface area contributed by atoms with Crippen molar-refractivity contribution in [3.63, 3.8) is 0 Å². The first-order valence-electron chi connectivity index (χ1n) is 15.5. The van der Waals surface area contributed by atoms with Gasteiger partial charge in [-0.25, -0.2) is 0 Å². The number of rotatable bonds is 5. The molecule has 0 saturated heterocycles. The van der Waals surface area contributed by atoms with Gasteiger partial charge in [-0.3, -0.25) is 9.97 Å². The standard InChI is InChI=1S/C26H18N3O.C14H16GeN.Ir/c1-17-11-12-19-23(15-17)30-25-20(13-14-27-24(19)25)26-28-21-9-5-6-10-22(21)29(26)16-18-7-3-2-4-8-18;1-15(2,3)13-9-10-14(16-11-13)12-7-5-4-6-8-12;/h2-12,14-15H,16H2,1H3;4-7,9-11H,1-3H3;/q2*-1;. The first-order valence-corrected chi connectivity index (χ1v) is 22.8. The summed E-state index contributed by atoms with van der Waals surface area (Å²) >= 11 is -1.72. The second kappa shape index (κ2) is 13.8. The van der Waals surface area contributed by atoms with Crippen LogP contribution < -0.4 is 4.40 Å². The van der Waals surface area contributed by atoms with Gasteiger partial charge in [0.05, 0.1) is 22.1 Å². The van der Waals surface area contributed by atoms with Crippen LogP contribution in [0.15, 0.2) is 126 Å². The van der Waals surface area contributed by atoms with Crippen LogP contribution in [0.2, 0.25) is 17.3 Å². The van der Waals surface area contributed by atoms with Crippen molar-refractivity contribution in [2.24, 2.45) is 0 Å². The van der Waals surface area contributed by atoms with Crippen LogP contribution in [0.4, 0.5) is 0 Å². The molecule has 47 heavy (non-hydrogen) atoms. The van der Waals surface area contributed by atoms with Crippen molar-refractivity contribution in [1.29, 1.82) is 0 Å². The van der Waals surface area contributed by atoms with Crippen molar-refractivity contribution in [3.8, 4) is 22.6 Å².